The van der Waals surface area contributed by atoms with Crippen LogP contribution in [0.2, 0.25) is 10.0 Å². The summed E-state index contributed by atoms with van der Waals surface area (Å²) in [5, 5.41) is 3.73. The molecule has 0 bridgehead atoms. The maximum atomic E-state index is 12.4. The van der Waals surface area contributed by atoms with Gasteiger partial charge in [-0.05, 0) is 54.8 Å². The molecule has 0 spiro atoms. The fraction of sp³-hybridized carbons (Fsp3) is 0.316. The quantitative estimate of drug-likeness (QED) is 0.687. The lowest BCUT2D eigenvalue weighted by molar-refractivity contribution is 0.0951. The predicted octanol–water partition coefficient (Wildman–Crippen LogP) is 3.38. The second-order valence-corrected chi connectivity index (χ2v) is 9.04. The summed E-state index contributed by atoms with van der Waals surface area (Å²) >= 11 is 11.9. The van der Waals surface area contributed by atoms with Crippen LogP contribution in [0.4, 0.5) is 0 Å². The fourth-order valence-corrected chi connectivity index (χ4v) is 4.36. The third kappa shape index (κ3) is 5.46. The summed E-state index contributed by atoms with van der Waals surface area (Å²) in [6, 6.07) is 10.8. The first-order valence-electron chi connectivity index (χ1n) is 8.78. The number of nitrogens with one attached hydrogen (secondary N) is 2. The van der Waals surface area contributed by atoms with Crippen molar-refractivity contribution >= 4 is 39.1 Å². The SMILES string of the molecule is O=C(NCc1ccc(Cl)cc1Cl)c1ccc(S(=O)(=O)NCC2CCCO2)cc1. The number of benzene rings is 2. The van der Waals surface area contributed by atoms with Gasteiger partial charge in [-0.15, -0.1) is 0 Å². The molecule has 2 aromatic rings. The van der Waals surface area contributed by atoms with E-state index in [1.807, 2.05) is 0 Å². The Morgan fingerprint density at radius 3 is 2.54 bits per heavy atom. The zero-order chi connectivity index (χ0) is 20.1. The van der Waals surface area contributed by atoms with Crippen LogP contribution in [0.25, 0.3) is 0 Å². The average molecular weight is 443 g/mol. The van der Waals surface area contributed by atoms with E-state index < -0.39 is 10.0 Å². The lowest BCUT2D eigenvalue weighted by Gasteiger charge is -2.12. The molecule has 6 nitrogen and oxygen atoms in total. The molecule has 0 aromatic heterocycles. The highest BCUT2D eigenvalue weighted by Crippen LogP contribution is 2.21. The number of amides is 1. The molecule has 150 valence electrons. The number of sulfonamides is 1. The van der Waals surface area contributed by atoms with Crippen LogP contribution in [-0.4, -0.2) is 33.6 Å². The highest BCUT2D eigenvalue weighted by atomic mass is 35.5. The van der Waals surface area contributed by atoms with Crippen molar-refractivity contribution in [3.63, 3.8) is 0 Å². The number of carbonyl (C=O) groups excluding carboxylic acids is 1. The predicted molar refractivity (Wildman–Crippen MR) is 108 cm³/mol. The molecule has 1 fully saturated rings. The minimum Gasteiger partial charge on any atom is -0.377 e. The van der Waals surface area contributed by atoms with Crippen LogP contribution in [0.1, 0.15) is 28.8 Å². The number of hydrogen-bond acceptors (Lipinski definition) is 4. The Balaban J connectivity index is 1.58. The van der Waals surface area contributed by atoms with Gasteiger partial charge in [0.25, 0.3) is 5.91 Å². The van der Waals surface area contributed by atoms with E-state index in [-0.39, 0.29) is 30.0 Å². The van der Waals surface area contributed by atoms with Crippen LogP contribution in [-0.2, 0) is 21.3 Å². The third-order valence-corrected chi connectivity index (χ3v) is 6.43. The van der Waals surface area contributed by atoms with Crippen LogP contribution >= 0.6 is 23.2 Å². The van der Waals surface area contributed by atoms with E-state index in [0.29, 0.717) is 22.2 Å². The molecule has 1 heterocycles. The molecule has 1 atom stereocenters. The first-order valence-corrected chi connectivity index (χ1v) is 11.0. The normalized spacial score (nSPS) is 16.9. The molecule has 2 aromatic carbocycles. The zero-order valence-corrected chi connectivity index (χ0v) is 17.3. The summed E-state index contributed by atoms with van der Waals surface area (Å²) in [4.78, 5) is 12.4. The van der Waals surface area contributed by atoms with Crippen molar-refractivity contribution in [2.75, 3.05) is 13.2 Å². The van der Waals surface area contributed by atoms with Gasteiger partial charge in [0.1, 0.15) is 0 Å². The second kappa shape index (κ2) is 9.24. The Labute approximate surface area is 174 Å². The number of rotatable bonds is 7. The average Bonchev–Trinajstić information content (AvgIpc) is 3.19. The molecule has 2 N–H and O–H groups in total. The highest BCUT2D eigenvalue weighted by Gasteiger charge is 2.20. The number of halogens is 2. The molecule has 0 radical (unpaired) electrons. The summed E-state index contributed by atoms with van der Waals surface area (Å²) in [7, 11) is -3.65. The van der Waals surface area contributed by atoms with E-state index in [4.69, 9.17) is 27.9 Å². The van der Waals surface area contributed by atoms with Crippen LogP contribution in [0, 0.1) is 0 Å². The van der Waals surface area contributed by atoms with Crippen molar-refractivity contribution < 1.29 is 17.9 Å². The van der Waals surface area contributed by atoms with Gasteiger partial charge < -0.3 is 10.1 Å². The van der Waals surface area contributed by atoms with Gasteiger partial charge in [0.2, 0.25) is 10.0 Å². The summed E-state index contributed by atoms with van der Waals surface area (Å²) in [6.45, 7) is 1.14. The topological polar surface area (TPSA) is 84.5 Å². The van der Waals surface area contributed by atoms with Crippen LogP contribution in [0.5, 0.6) is 0 Å². The Morgan fingerprint density at radius 2 is 1.89 bits per heavy atom. The Bertz CT molecular complexity index is 943. The van der Waals surface area contributed by atoms with Gasteiger partial charge in [0.05, 0.1) is 11.0 Å². The fourth-order valence-electron chi connectivity index (χ4n) is 2.82. The minimum atomic E-state index is -3.65. The van der Waals surface area contributed by atoms with Crippen LogP contribution < -0.4 is 10.0 Å². The van der Waals surface area contributed by atoms with Gasteiger partial charge in [-0.25, -0.2) is 13.1 Å². The Kier molecular flexibility index (Phi) is 6.95. The van der Waals surface area contributed by atoms with Gasteiger partial charge in [0.15, 0.2) is 0 Å². The van der Waals surface area contributed by atoms with Gasteiger partial charge in [-0.2, -0.15) is 0 Å². The van der Waals surface area contributed by atoms with E-state index in [1.54, 1.807) is 18.2 Å². The Morgan fingerprint density at radius 1 is 1.14 bits per heavy atom. The smallest absolute Gasteiger partial charge is 0.251 e. The summed E-state index contributed by atoms with van der Waals surface area (Å²) in [6.07, 6.45) is 1.70. The Hall–Kier alpha value is -1.64. The lowest BCUT2D eigenvalue weighted by atomic mass is 10.2. The van der Waals surface area contributed by atoms with Crippen molar-refractivity contribution in [2.45, 2.75) is 30.4 Å². The maximum Gasteiger partial charge on any atom is 0.251 e. The first kappa shape index (κ1) is 21.1. The molecule has 3 rings (SSSR count). The zero-order valence-electron chi connectivity index (χ0n) is 15.0. The van der Waals surface area contributed by atoms with E-state index in [1.165, 1.54) is 24.3 Å². The van der Waals surface area contributed by atoms with Crippen LogP contribution in [0.3, 0.4) is 0 Å². The van der Waals surface area contributed by atoms with E-state index in [0.717, 1.165) is 18.4 Å². The van der Waals surface area contributed by atoms with E-state index >= 15 is 0 Å². The second-order valence-electron chi connectivity index (χ2n) is 6.43. The van der Waals surface area contributed by atoms with Crippen LogP contribution in [0.15, 0.2) is 47.4 Å². The first-order chi connectivity index (χ1) is 13.3. The summed E-state index contributed by atoms with van der Waals surface area (Å²) < 4.78 is 32.7. The maximum absolute atomic E-state index is 12.4. The van der Waals surface area contributed by atoms with Crippen molar-refractivity contribution in [1.29, 1.82) is 0 Å². The highest BCUT2D eigenvalue weighted by molar-refractivity contribution is 7.89. The third-order valence-electron chi connectivity index (χ3n) is 4.41. The molecular weight excluding hydrogens is 423 g/mol. The molecule has 1 aliphatic heterocycles. The molecular formula is C19H20Cl2N2O4S. The van der Waals surface area contributed by atoms with Crippen molar-refractivity contribution in [3.05, 3.63) is 63.6 Å². The number of carbonyl (C=O) groups is 1. The lowest BCUT2D eigenvalue weighted by Crippen LogP contribution is -2.31. The van der Waals surface area contributed by atoms with Crippen molar-refractivity contribution in [3.8, 4) is 0 Å². The minimum absolute atomic E-state index is 0.0838. The van der Waals surface area contributed by atoms with Gasteiger partial charge in [0, 0.05) is 35.3 Å². The van der Waals surface area contributed by atoms with Gasteiger partial charge in [-0.1, -0.05) is 29.3 Å². The standard InChI is InChI=1S/C19H20Cl2N2O4S/c20-15-6-3-14(18(21)10-15)11-22-19(24)13-4-7-17(8-5-13)28(25,26)23-12-16-2-1-9-27-16/h3-8,10,16,23H,1-2,9,11-12H2,(H,22,24). The number of ether oxygens (including phenoxy) is 1. The van der Waals surface area contributed by atoms with Crippen molar-refractivity contribution in [1.82, 2.24) is 10.0 Å². The van der Waals surface area contributed by atoms with E-state index in [2.05, 4.69) is 10.0 Å². The molecule has 28 heavy (non-hydrogen) atoms. The molecule has 1 saturated heterocycles. The van der Waals surface area contributed by atoms with Gasteiger partial charge >= 0.3 is 0 Å². The van der Waals surface area contributed by atoms with E-state index in [9.17, 15) is 13.2 Å². The largest absolute Gasteiger partial charge is 0.377 e. The summed E-state index contributed by atoms with van der Waals surface area (Å²) in [5.41, 5.74) is 1.08. The number of hydrogen-bond donors (Lipinski definition) is 2. The molecule has 0 saturated carbocycles. The molecule has 9 heteroatoms. The molecule has 0 aliphatic carbocycles. The van der Waals surface area contributed by atoms with Gasteiger partial charge in [-0.3, -0.25) is 4.79 Å². The monoisotopic (exact) mass is 442 g/mol. The molecule has 1 amide bonds. The molecule has 1 unspecified atom stereocenters. The summed E-state index contributed by atoms with van der Waals surface area (Å²) in [5.74, 6) is -0.331. The van der Waals surface area contributed by atoms with Crippen molar-refractivity contribution in [2.24, 2.45) is 0 Å². The molecule has 1 aliphatic rings.